The number of carbonyl (C=O) groups is 1. The minimum Gasteiger partial charge on any atom is -0.366 e. The molecule has 7 nitrogen and oxygen atoms in total. The van der Waals surface area contributed by atoms with E-state index in [1.165, 1.54) is 5.56 Å². The van der Waals surface area contributed by atoms with E-state index >= 15 is 0 Å². The van der Waals surface area contributed by atoms with Crippen molar-refractivity contribution < 1.29 is 13.2 Å². The fourth-order valence-electron chi connectivity index (χ4n) is 4.88. The van der Waals surface area contributed by atoms with Gasteiger partial charge in [0.1, 0.15) is 0 Å². The van der Waals surface area contributed by atoms with Crippen LogP contribution in [-0.2, 0) is 16.6 Å². The van der Waals surface area contributed by atoms with E-state index in [1.54, 1.807) is 11.2 Å². The quantitative estimate of drug-likeness (QED) is 0.409. The molecule has 35 heavy (non-hydrogen) atoms. The molecule has 3 aromatic rings. The predicted molar refractivity (Wildman–Crippen MR) is 142 cm³/mol. The minimum absolute atomic E-state index is 0.127. The van der Waals surface area contributed by atoms with Gasteiger partial charge >= 0.3 is 0 Å². The van der Waals surface area contributed by atoms with Crippen molar-refractivity contribution in [3.8, 4) is 11.1 Å². The van der Waals surface area contributed by atoms with E-state index in [0.29, 0.717) is 24.7 Å². The number of fused-ring (bicyclic) bond motifs is 1. The number of carbonyl (C=O) groups excluding carboxylic acids is 1. The van der Waals surface area contributed by atoms with Crippen molar-refractivity contribution >= 4 is 26.8 Å². The molecule has 1 saturated heterocycles. The maximum absolute atomic E-state index is 12.4. The Kier molecular flexibility index (Phi) is 7.64. The molecule has 2 heterocycles. The number of rotatable bonds is 9. The second-order valence-corrected chi connectivity index (χ2v) is 11.8. The Bertz CT molecular complexity index is 1310. The van der Waals surface area contributed by atoms with Gasteiger partial charge in [-0.25, -0.2) is 12.7 Å². The highest BCUT2D eigenvalue weighted by Gasteiger charge is 2.29. The summed E-state index contributed by atoms with van der Waals surface area (Å²) in [5.74, 6) is -0.125. The van der Waals surface area contributed by atoms with Crippen molar-refractivity contribution in [1.29, 1.82) is 0 Å². The molecular formula is C27H36N4O3S. The molecule has 2 aromatic carbocycles. The maximum Gasteiger partial charge on any atom is 0.250 e. The minimum atomic E-state index is -3.17. The Morgan fingerprint density at radius 1 is 1.17 bits per heavy atom. The van der Waals surface area contributed by atoms with E-state index in [1.807, 2.05) is 18.3 Å². The van der Waals surface area contributed by atoms with Gasteiger partial charge in [-0.05, 0) is 79.5 Å². The average molecular weight is 497 g/mol. The molecule has 0 saturated carbocycles. The van der Waals surface area contributed by atoms with Crippen molar-refractivity contribution in [2.75, 3.05) is 18.8 Å². The summed E-state index contributed by atoms with van der Waals surface area (Å²) in [6, 6.07) is 12.8. The van der Waals surface area contributed by atoms with Gasteiger partial charge in [0.25, 0.3) is 5.91 Å². The lowest BCUT2D eigenvalue weighted by Gasteiger charge is -2.31. The van der Waals surface area contributed by atoms with Crippen LogP contribution < -0.4 is 11.1 Å². The van der Waals surface area contributed by atoms with Crippen molar-refractivity contribution in [3.05, 3.63) is 59.3 Å². The van der Waals surface area contributed by atoms with Crippen LogP contribution in [0.3, 0.4) is 0 Å². The lowest BCUT2D eigenvalue weighted by molar-refractivity contribution is 0.100. The summed E-state index contributed by atoms with van der Waals surface area (Å²) in [4.78, 5) is 15.6. The summed E-state index contributed by atoms with van der Waals surface area (Å²) in [6.07, 6.45) is 4.53. The number of benzene rings is 2. The fraction of sp³-hybridized carbons (Fsp3) is 0.444. The van der Waals surface area contributed by atoms with Crippen molar-refractivity contribution in [2.24, 2.45) is 5.73 Å². The van der Waals surface area contributed by atoms with Gasteiger partial charge in [-0.3, -0.25) is 4.79 Å². The van der Waals surface area contributed by atoms with Crippen LogP contribution in [0, 0.1) is 0 Å². The molecule has 4 N–H and O–H groups in total. The van der Waals surface area contributed by atoms with Gasteiger partial charge < -0.3 is 16.0 Å². The van der Waals surface area contributed by atoms with Gasteiger partial charge in [0, 0.05) is 37.3 Å². The largest absolute Gasteiger partial charge is 0.366 e. The molecule has 0 radical (unpaired) electrons. The van der Waals surface area contributed by atoms with Crippen molar-refractivity contribution in [3.63, 3.8) is 0 Å². The van der Waals surface area contributed by atoms with E-state index in [2.05, 4.69) is 48.4 Å². The monoisotopic (exact) mass is 496 g/mol. The molecule has 4 rings (SSSR count). The number of aromatic nitrogens is 1. The Balaban J connectivity index is 1.68. The van der Waals surface area contributed by atoms with Crippen molar-refractivity contribution in [1.82, 2.24) is 14.6 Å². The van der Waals surface area contributed by atoms with Gasteiger partial charge in [-0.1, -0.05) is 25.1 Å². The number of nitrogens with two attached hydrogens (primary N) is 1. The number of sulfonamides is 1. The first-order chi connectivity index (χ1) is 16.7. The van der Waals surface area contributed by atoms with Gasteiger partial charge in [-0.15, -0.1) is 0 Å². The van der Waals surface area contributed by atoms with Crippen LogP contribution in [0.15, 0.2) is 42.6 Å². The van der Waals surface area contributed by atoms with Crippen LogP contribution in [0.5, 0.6) is 0 Å². The fourth-order valence-corrected chi connectivity index (χ4v) is 6.01. The molecule has 0 spiro atoms. The molecule has 0 bridgehead atoms. The number of hydrogen-bond donors (Lipinski definition) is 3. The number of amides is 1. The molecule has 0 unspecified atom stereocenters. The lowest BCUT2D eigenvalue weighted by Crippen LogP contribution is -2.38. The third-order valence-corrected chi connectivity index (χ3v) is 9.15. The standard InChI is InChI=1S/C27H36N4O3S/c1-4-18(3)29-16-19-7-6-8-21(13-19)22-14-23-25(17-30-26(23)24(15-22)27(28)32)20-9-11-31(12-10-20)35(33,34)5-2/h6-8,13-15,17-18,20,29-30H,4-5,9-12,16H2,1-3H3,(H2,28,32)/t18-/m1/s1. The normalized spacial score (nSPS) is 16.5. The van der Waals surface area contributed by atoms with E-state index < -0.39 is 15.9 Å². The van der Waals surface area contributed by atoms with Gasteiger partial charge in [0.2, 0.25) is 10.0 Å². The van der Waals surface area contributed by atoms with E-state index in [-0.39, 0.29) is 11.7 Å². The van der Waals surface area contributed by atoms with Crippen molar-refractivity contribution in [2.45, 2.75) is 58.5 Å². The SMILES string of the molecule is CC[C@@H](C)NCc1cccc(-c2cc(C(N)=O)c3[nH]cc(C4CCN(S(=O)(=O)CC)CC4)c3c2)c1. The molecule has 1 fully saturated rings. The molecule has 1 amide bonds. The van der Waals surface area contributed by atoms with Crippen LogP contribution in [0.4, 0.5) is 0 Å². The number of H-pyrrole nitrogens is 1. The molecule has 1 aliphatic heterocycles. The second-order valence-electron chi connectivity index (χ2n) is 9.52. The zero-order valence-electron chi connectivity index (χ0n) is 20.8. The van der Waals surface area contributed by atoms with Gasteiger partial charge in [-0.2, -0.15) is 0 Å². The third kappa shape index (κ3) is 5.44. The molecule has 1 aromatic heterocycles. The van der Waals surface area contributed by atoms with Crippen LogP contribution in [0.2, 0.25) is 0 Å². The van der Waals surface area contributed by atoms with Crippen LogP contribution in [0.25, 0.3) is 22.0 Å². The van der Waals surface area contributed by atoms with Crippen LogP contribution >= 0.6 is 0 Å². The summed E-state index contributed by atoms with van der Waals surface area (Å²) in [6.45, 7) is 7.83. The summed E-state index contributed by atoms with van der Waals surface area (Å²) in [7, 11) is -3.17. The van der Waals surface area contributed by atoms with Crippen LogP contribution in [0.1, 0.15) is 67.4 Å². The van der Waals surface area contributed by atoms with E-state index in [4.69, 9.17) is 5.73 Å². The maximum atomic E-state index is 12.4. The number of primary amides is 1. The Morgan fingerprint density at radius 2 is 1.91 bits per heavy atom. The highest BCUT2D eigenvalue weighted by atomic mass is 32.2. The summed E-state index contributed by atoms with van der Waals surface area (Å²) >= 11 is 0. The molecule has 188 valence electrons. The second kappa shape index (κ2) is 10.5. The first-order valence-corrected chi connectivity index (χ1v) is 14.1. The Hall–Kier alpha value is -2.68. The molecule has 1 atom stereocenters. The summed E-state index contributed by atoms with van der Waals surface area (Å²) < 4.78 is 26.1. The number of aromatic amines is 1. The zero-order chi connectivity index (χ0) is 25.2. The number of piperidine rings is 1. The smallest absolute Gasteiger partial charge is 0.250 e. The van der Waals surface area contributed by atoms with Crippen LogP contribution in [-0.4, -0.2) is 48.5 Å². The average Bonchev–Trinajstić information content (AvgIpc) is 3.30. The molecule has 8 heteroatoms. The first kappa shape index (κ1) is 25.4. The number of nitrogens with zero attached hydrogens (tertiary/aromatic N) is 1. The molecule has 0 aliphatic carbocycles. The Morgan fingerprint density at radius 3 is 2.57 bits per heavy atom. The zero-order valence-corrected chi connectivity index (χ0v) is 21.6. The van der Waals surface area contributed by atoms with E-state index in [9.17, 15) is 13.2 Å². The van der Waals surface area contributed by atoms with Gasteiger partial charge in [0.05, 0.1) is 16.8 Å². The number of hydrogen-bond acceptors (Lipinski definition) is 4. The topological polar surface area (TPSA) is 108 Å². The van der Waals surface area contributed by atoms with Gasteiger partial charge in [0.15, 0.2) is 0 Å². The molecular weight excluding hydrogens is 460 g/mol. The Labute approximate surface area is 208 Å². The highest BCUT2D eigenvalue weighted by Crippen LogP contribution is 2.37. The predicted octanol–water partition coefficient (Wildman–Crippen LogP) is 4.35. The summed E-state index contributed by atoms with van der Waals surface area (Å²) in [5, 5.41) is 4.51. The third-order valence-electron chi connectivity index (χ3n) is 7.27. The highest BCUT2D eigenvalue weighted by molar-refractivity contribution is 7.89. The number of nitrogens with one attached hydrogen (secondary N) is 2. The first-order valence-electron chi connectivity index (χ1n) is 12.5. The van der Waals surface area contributed by atoms with E-state index in [0.717, 1.165) is 53.4 Å². The summed E-state index contributed by atoms with van der Waals surface area (Å²) in [5.41, 5.74) is 11.3. The lowest BCUT2D eigenvalue weighted by atomic mass is 9.88. The molecule has 1 aliphatic rings.